The van der Waals surface area contributed by atoms with E-state index in [0.29, 0.717) is 16.9 Å². The van der Waals surface area contributed by atoms with Gasteiger partial charge < -0.3 is 10.2 Å². The Labute approximate surface area is 144 Å². The van der Waals surface area contributed by atoms with Gasteiger partial charge in [0, 0.05) is 30.7 Å². The van der Waals surface area contributed by atoms with Gasteiger partial charge in [0.15, 0.2) is 0 Å². The highest BCUT2D eigenvalue weighted by atomic mass is 16.6. The molecule has 0 radical (unpaired) electrons. The second-order valence-electron chi connectivity index (χ2n) is 6.01. The maximum atomic E-state index is 12.9. The first-order valence-electron chi connectivity index (χ1n) is 7.84. The zero-order valence-corrected chi connectivity index (χ0v) is 13.9. The summed E-state index contributed by atoms with van der Waals surface area (Å²) in [4.78, 5) is 36.7. The topological polar surface area (TPSA) is 92.6 Å². The number of non-ortho nitro benzene ring substituents is 1. The highest BCUT2D eigenvalue weighted by Crippen LogP contribution is 2.33. The van der Waals surface area contributed by atoms with Crippen LogP contribution in [0, 0.1) is 24.0 Å². The predicted octanol–water partition coefficient (Wildman–Crippen LogP) is 3.20. The standard InChI is InChI=1S/C18H17N3O4/c1-11-9-15-16(10-12(11)2)20(8-7-17(22)19-15)18(23)13-3-5-14(6-4-13)21(24)25/h3-6,9-10H,7-8H2,1-2H3,(H,19,22). The molecule has 0 saturated heterocycles. The summed E-state index contributed by atoms with van der Waals surface area (Å²) in [6.45, 7) is 4.13. The number of carbonyl (C=O) groups excluding carboxylic acids is 2. The maximum absolute atomic E-state index is 12.9. The van der Waals surface area contributed by atoms with Crippen LogP contribution in [-0.2, 0) is 4.79 Å². The van der Waals surface area contributed by atoms with Gasteiger partial charge in [-0.15, -0.1) is 0 Å². The van der Waals surface area contributed by atoms with Gasteiger partial charge in [0.2, 0.25) is 5.91 Å². The molecule has 0 aromatic heterocycles. The average molecular weight is 339 g/mol. The zero-order valence-electron chi connectivity index (χ0n) is 13.9. The van der Waals surface area contributed by atoms with Crippen LogP contribution in [-0.4, -0.2) is 23.3 Å². The van der Waals surface area contributed by atoms with Crippen molar-refractivity contribution in [2.75, 3.05) is 16.8 Å². The van der Waals surface area contributed by atoms with Crippen LogP contribution in [0.2, 0.25) is 0 Å². The van der Waals surface area contributed by atoms with E-state index in [2.05, 4.69) is 5.32 Å². The van der Waals surface area contributed by atoms with Crippen molar-refractivity contribution in [2.45, 2.75) is 20.3 Å². The van der Waals surface area contributed by atoms with Gasteiger partial charge in [-0.3, -0.25) is 19.7 Å². The molecule has 7 heteroatoms. The summed E-state index contributed by atoms with van der Waals surface area (Å²) in [5.41, 5.74) is 3.53. The third-order valence-electron chi connectivity index (χ3n) is 4.31. The molecule has 0 saturated carbocycles. The number of amides is 2. The van der Waals surface area contributed by atoms with Crippen molar-refractivity contribution in [3.63, 3.8) is 0 Å². The fourth-order valence-corrected chi connectivity index (χ4v) is 2.76. The highest BCUT2D eigenvalue weighted by molar-refractivity contribution is 6.10. The Hall–Kier alpha value is -3.22. The molecule has 2 amide bonds. The monoisotopic (exact) mass is 339 g/mol. The Balaban J connectivity index is 2.01. The van der Waals surface area contributed by atoms with E-state index in [0.717, 1.165) is 11.1 Å². The van der Waals surface area contributed by atoms with E-state index in [9.17, 15) is 19.7 Å². The summed E-state index contributed by atoms with van der Waals surface area (Å²) in [5.74, 6) is -0.445. The van der Waals surface area contributed by atoms with E-state index in [1.165, 1.54) is 24.3 Å². The summed E-state index contributed by atoms with van der Waals surface area (Å²) < 4.78 is 0. The average Bonchev–Trinajstić information content (AvgIpc) is 2.73. The molecule has 0 fully saturated rings. The van der Waals surface area contributed by atoms with Crippen molar-refractivity contribution in [2.24, 2.45) is 0 Å². The molecule has 7 nitrogen and oxygen atoms in total. The van der Waals surface area contributed by atoms with Crippen LogP contribution in [0.3, 0.4) is 0 Å². The summed E-state index contributed by atoms with van der Waals surface area (Å²) in [7, 11) is 0. The van der Waals surface area contributed by atoms with Crippen LogP contribution < -0.4 is 10.2 Å². The number of rotatable bonds is 2. The van der Waals surface area contributed by atoms with Gasteiger partial charge in [-0.1, -0.05) is 0 Å². The van der Waals surface area contributed by atoms with E-state index < -0.39 is 4.92 Å². The van der Waals surface area contributed by atoms with Crippen molar-refractivity contribution in [3.05, 3.63) is 63.2 Å². The van der Waals surface area contributed by atoms with Crippen LogP contribution in [0.5, 0.6) is 0 Å². The Morgan fingerprint density at radius 1 is 1.16 bits per heavy atom. The number of fused-ring (bicyclic) bond motifs is 1. The smallest absolute Gasteiger partial charge is 0.269 e. The van der Waals surface area contributed by atoms with Crippen molar-refractivity contribution in [3.8, 4) is 0 Å². The third-order valence-corrected chi connectivity index (χ3v) is 4.31. The SMILES string of the molecule is Cc1cc2c(cc1C)N(C(=O)c1ccc([N+](=O)[O-])cc1)CCC(=O)N2. The number of hydrogen-bond acceptors (Lipinski definition) is 4. The number of carbonyl (C=O) groups is 2. The minimum atomic E-state index is -0.510. The van der Waals surface area contributed by atoms with Gasteiger partial charge in [0.1, 0.15) is 0 Å². The number of hydrogen-bond donors (Lipinski definition) is 1. The van der Waals surface area contributed by atoms with Crippen molar-refractivity contribution >= 4 is 28.9 Å². The molecule has 0 atom stereocenters. The third kappa shape index (κ3) is 3.21. The summed E-state index contributed by atoms with van der Waals surface area (Å²) in [6, 6.07) is 9.19. The van der Waals surface area contributed by atoms with Crippen molar-refractivity contribution < 1.29 is 14.5 Å². The molecule has 1 aliphatic rings. The fourth-order valence-electron chi connectivity index (χ4n) is 2.76. The van der Waals surface area contributed by atoms with E-state index in [1.807, 2.05) is 26.0 Å². The summed E-state index contributed by atoms with van der Waals surface area (Å²) in [6.07, 6.45) is 0.186. The number of nitrogens with zero attached hydrogens (tertiary/aromatic N) is 2. The van der Waals surface area contributed by atoms with Gasteiger partial charge in [-0.2, -0.15) is 0 Å². The molecule has 25 heavy (non-hydrogen) atoms. The predicted molar refractivity (Wildman–Crippen MR) is 93.9 cm³/mol. The van der Waals surface area contributed by atoms with Crippen molar-refractivity contribution in [1.82, 2.24) is 0 Å². The first kappa shape index (κ1) is 16.6. The van der Waals surface area contributed by atoms with Crippen LogP contribution in [0.1, 0.15) is 27.9 Å². The first-order valence-corrected chi connectivity index (χ1v) is 7.84. The Morgan fingerprint density at radius 3 is 2.44 bits per heavy atom. The molecule has 2 aromatic rings. The molecular formula is C18H17N3O4. The first-order chi connectivity index (χ1) is 11.9. The molecule has 0 spiro atoms. The number of anilines is 2. The second-order valence-corrected chi connectivity index (χ2v) is 6.01. The van der Waals surface area contributed by atoms with E-state index in [1.54, 1.807) is 4.90 Å². The molecule has 0 aliphatic carbocycles. The molecule has 3 rings (SSSR count). The number of nitrogens with one attached hydrogen (secondary N) is 1. The summed E-state index contributed by atoms with van der Waals surface area (Å²) >= 11 is 0. The van der Waals surface area contributed by atoms with E-state index >= 15 is 0 Å². The number of nitro groups is 1. The molecular weight excluding hydrogens is 322 g/mol. The lowest BCUT2D eigenvalue weighted by Crippen LogP contribution is -2.32. The lowest BCUT2D eigenvalue weighted by Gasteiger charge is -2.23. The molecule has 2 aromatic carbocycles. The van der Waals surface area contributed by atoms with Crippen LogP contribution >= 0.6 is 0 Å². The van der Waals surface area contributed by atoms with E-state index in [-0.39, 0.29) is 30.5 Å². The number of nitro benzene ring substituents is 1. The van der Waals surface area contributed by atoms with Gasteiger partial charge in [-0.05, 0) is 49.2 Å². The van der Waals surface area contributed by atoms with Gasteiger partial charge in [-0.25, -0.2) is 0 Å². The van der Waals surface area contributed by atoms with Crippen LogP contribution in [0.4, 0.5) is 17.1 Å². The lowest BCUT2D eigenvalue weighted by molar-refractivity contribution is -0.384. The molecule has 0 bridgehead atoms. The number of aryl methyl sites for hydroxylation is 2. The molecule has 1 N–H and O–H groups in total. The normalized spacial score (nSPS) is 13.7. The Bertz CT molecular complexity index is 875. The Kier molecular flexibility index (Phi) is 4.22. The summed E-state index contributed by atoms with van der Waals surface area (Å²) in [5, 5.41) is 13.6. The molecule has 128 valence electrons. The fraction of sp³-hybridized carbons (Fsp3) is 0.222. The van der Waals surface area contributed by atoms with Crippen LogP contribution in [0.25, 0.3) is 0 Å². The minimum absolute atomic E-state index is 0.0730. The van der Waals surface area contributed by atoms with Gasteiger partial charge in [0.25, 0.3) is 11.6 Å². The van der Waals surface area contributed by atoms with Gasteiger partial charge in [0.05, 0.1) is 16.3 Å². The van der Waals surface area contributed by atoms with Crippen molar-refractivity contribution in [1.29, 1.82) is 0 Å². The van der Waals surface area contributed by atoms with Gasteiger partial charge >= 0.3 is 0 Å². The largest absolute Gasteiger partial charge is 0.324 e. The lowest BCUT2D eigenvalue weighted by atomic mass is 10.1. The van der Waals surface area contributed by atoms with E-state index in [4.69, 9.17) is 0 Å². The maximum Gasteiger partial charge on any atom is 0.269 e. The Morgan fingerprint density at radius 2 is 1.80 bits per heavy atom. The molecule has 1 heterocycles. The molecule has 1 aliphatic heterocycles. The minimum Gasteiger partial charge on any atom is -0.324 e. The zero-order chi connectivity index (χ0) is 18.1. The highest BCUT2D eigenvalue weighted by Gasteiger charge is 2.26. The quantitative estimate of drug-likeness (QED) is 0.672. The number of benzene rings is 2. The van der Waals surface area contributed by atoms with Crippen LogP contribution in [0.15, 0.2) is 36.4 Å². The molecule has 0 unspecified atom stereocenters. The second kappa shape index (κ2) is 6.35.